The molecule has 0 radical (unpaired) electrons. The lowest BCUT2D eigenvalue weighted by Gasteiger charge is -2.09. The van der Waals surface area contributed by atoms with Crippen LogP contribution in [0.15, 0.2) is 0 Å². The van der Waals surface area contributed by atoms with E-state index >= 15 is 0 Å². The molecule has 0 saturated carbocycles. The van der Waals surface area contributed by atoms with Gasteiger partial charge in [-0.15, -0.1) is 0 Å². The van der Waals surface area contributed by atoms with Crippen LogP contribution >= 0.6 is 0 Å². The lowest BCUT2D eigenvalue weighted by molar-refractivity contribution is 0.0589. The van der Waals surface area contributed by atoms with Crippen LogP contribution < -0.4 is 5.73 Å². The van der Waals surface area contributed by atoms with Gasteiger partial charge in [-0.25, -0.2) is 0 Å². The van der Waals surface area contributed by atoms with Crippen LogP contribution in [0, 0.1) is 0 Å². The van der Waals surface area contributed by atoms with Gasteiger partial charge in [-0.2, -0.15) is 0 Å². The van der Waals surface area contributed by atoms with E-state index in [9.17, 15) is 0 Å². The van der Waals surface area contributed by atoms with E-state index < -0.39 is 0 Å². The summed E-state index contributed by atoms with van der Waals surface area (Å²) in [5.41, 5.74) is 5.39. The fraction of sp³-hybridized carbons (Fsp3) is 1.00. The summed E-state index contributed by atoms with van der Waals surface area (Å²) in [7, 11) is 0. The van der Waals surface area contributed by atoms with Gasteiger partial charge in [0, 0.05) is 13.2 Å². The third-order valence-corrected chi connectivity index (χ3v) is 1.43. The van der Waals surface area contributed by atoms with E-state index in [2.05, 4.69) is 0 Å². The molecule has 2 N–H and O–H groups in total. The molecule has 1 aliphatic heterocycles. The van der Waals surface area contributed by atoms with Crippen molar-refractivity contribution in [2.45, 2.75) is 12.5 Å². The molecule has 0 aliphatic carbocycles. The topological polar surface area (TPSA) is 44.5 Å². The van der Waals surface area contributed by atoms with Gasteiger partial charge in [-0.3, -0.25) is 0 Å². The highest BCUT2D eigenvalue weighted by Crippen LogP contribution is 2.01. The van der Waals surface area contributed by atoms with Crippen LogP contribution in [0.4, 0.5) is 0 Å². The van der Waals surface area contributed by atoms with E-state index in [1.165, 1.54) is 0 Å². The fourth-order valence-corrected chi connectivity index (χ4v) is 0.860. The maximum atomic E-state index is 5.39. The molecule has 54 valence electrons. The first-order valence-corrected chi connectivity index (χ1v) is 3.33. The second-order valence-corrected chi connectivity index (χ2v) is 2.13. The van der Waals surface area contributed by atoms with Gasteiger partial charge in [0.15, 0.2) is 0 Å². The Morgan fingerprint density at radius 2 is 2.22 bits per heavy atom. The second kappa shape index (κ2) is 3.82. The summed E-state index contributed by atoms with van der Waals surface area (Å²) in [6, 6.07) is 0. The molecule has 3 nitrogen and oxygen atoms in total. The predicted molar refractivity (Wildman–Crippen MR) is 34.2 cm³/mol. The first-order chi connectivity index (χ1) is 4.43. The van der Waals surface area contributed by atoms with Crippen molar-refractivity contribution >= 4 is 0 Å². The highest BCUT2D eigenvalue weighted by Gasteiger charge is 2.09. The molecule has 1 heterocycles. The molecule has 0 amide bonds. The van der Waals surface area contributed by atoms with E-state index in [-0.39, 0.29) is 6.10 Å². The molecule has 1 aliphatic rings. The predicted octanol–water partition coefficient (Wildman–Crippen LogP) is -0.249. The lowest BCUT2D eigenvalue weighted by atomic mass is 10.3. The average Bonchev–Trinajstić information content (AvgIpc) is 2.13. The van der Waals surface area contributed by atoms with Crippen molar-refractivity contribution in [1.29, 1.82) is 0 Å². The molecule has 1 fully saturated rings. The molecule has 0 aromatic rings. The number of rotatable bonds is 1. The fourth-order valence-electron chi connectivity index (χ4n) is 0.860. The number of hydrogen-bond donors (Lipinski definition) is 1. The van der Waals surface area contributed by atoms with Gasteiger partial charge < -0.3 is 15.2 Å². The van der Waals surface area contributed by atoms with Crippen molar-refractivity contribution in [2.24, 2.45) is 5.73 Å². The van der Waals surface area contributed by atoms with Crippen molar-refractivity contribution in [1.82, 2.24) is 0 Å². The Labute approximate surface area is 55.1 Å². The Morgan fingerprint density at radius 3 is 3.00 bits per heavy atom. The standard InChI is InChI=1S/C6H13NO2/c7-5-6-1-2-8-3-4-9-6/h6H,1-5,7H2. The summed E-state index contributed by atoms with van der Waals surface area (Å²) in [4.78, 5) is 0. The Hall–Kier alpha value is -0.120. The van der Waals surface area contributed by atoms with Crippen molar-refractivity contribution in [3.8, 4) is 0 Å². The van der Waals surface area contributed by atoms with Crippen LogP contribution in [0.2, 0.25) is 0 Å². The Balaban J connectivity index is 2.18. The second-order valence-electron chi connectivity index (χ2n) is 2.13. The Kier molecular flexibility index (Phi) is 2.97. The minimum Gasteiger partial charge on any atom is -0.379 e. The smallest absolute Gasteiger partial charge is 0.0720 e. The summed E-state index contributed by atoms with van der Waals surface area (Å²) >= 11 is 0. The van der Waals surface area contributed by atoms with E-state index in [1.54, 1.807) is 0 Å². The van der Waals surface area contributed by atoms with Crippen LogP contribution in [-0.2, 0) is 9.47 Å². The van der Waals surface area contributed by atoms with E-state index in [0.717, 1.165) is 19.6 Å². The average molecular weight is 131 g/mol. The zero-order valence-corrected chi connectivity index (χ0v) is 5.51. The number of hydrogen-bond acceptors (Lipinski definition) is 3. The van der Waals surface area contributed by atoms with Crippen LogP contribution in [0.5, 0.6) is 0 Å². The summed E-state index contributed by atoms with van der Waals surface area (Å²) < 4.78 is 10.4. The van der Waals surface area contributed by atoms with Gasteiger partial charge in [0.2, 0.25) is 0 Å². The number of ether oxygens (including phenoxy) is 2. The largest absolute Gasteiger partial charge is 0.379 e. The summed E-state index contributed by atoms with van der Waals surface area (Å²) in [5, 5.41) is 0. The molecule has 0 aromatic carbocycles. The molecule has 0 spiro atoms. The minimum atomic E-state index is 0.229. The van der Waals surface area contributed by atoms with Crippen molar-refractivity contribution < 1.29 is 9.47 Å². The van der Waals surface area contributed by atoms with Crippen LogP contribution in [0.3, 0.4) is 0 Å². The SMILES string of the molecule is NCC1CCOCCO1. The summed E-state index contributed by atoms with van der Waals surface area (Å²) in [6.07, 6.45) is 1.17. The lowest BCUT2D eigenvalue weighted by Crippen LogP contribution is -2.23. The van der Waals surface area contributed by atoms with Gasteiger partial charge >= 0.3 is 0 Å². The normalized spacial score (nSPS) is 29.7. The minimum absolute atomic E-state index is 0.229. The maximum absolute atomic E-state index is 5.39. The van der Waals surface area contributed by atoms with Gasteiger partial charge in [0.05, 0.1) is 19.3 Å². The van der Waals surface area contributed by atoms with Crippen molar-refractivity contribution in [3.63, 3.8) is 0 Å². The third kappa shape index (κ3) is 2.30. The summed E-state index contributed by atoms with van der Waals surface area (Å²) in [6.45, 7) is 2.82. The molecular weight excluding hydrogens is 118 g/mol. The van der Waals surface area contributed by atoms with Gasteiger partial charge in [-0.05, 0) is 6.42 Å². The molecule has 3 heteroatoms. The van der Waals surface area contributed by atoms with Crippen molar-refractivity contribution in [3.05, 3.63) is 0 Å². The Morgan fingerprint density at radius 1 is 1.33 bits per heavy atom. The highest BCUT2D eigenvalue weighted by atomic mass is 16.5. The number of nitrogens with two attached hydrogens (primary N) is 1. The van der Waals surface area contributed by atoms with Gasteiger partial charge in [0.25, 0.3) is 0 Å². The summed E-state index contributed by atoms with van der Waals surface area (Å²) in [5.74, 6) is 0. The van der Waals surface area contributed by atoms with Gasteiger partial charge in [0.1, 0.15) is 0 Å². The maximum Gasteiger partial charge on any atom is 0.0720 e. The molecular formula is C6H13NO2. The van der Waals surface area contributed by atoms with Crippen molar-refractivity contribution in [2.75, 3.05) is 26.4 Å². The zero-order chi connectivity index (χ0) is 6.53. The molecule has 1 unspecified atom stereocenters. The molecule has 1 rings (SSSR count). The molecule has 1 atom stereocenters. The van der Waals surface area contributed by atoms with Gasteiger partial charge in [-0.1, -0.05) is 0 Å². The van der Waals surface area contributed by atoms with E-state index in [0.29, 0.717) is 13.2 Å². The molecule has 9 heavy (non-hydrogen) atoms. The molecule has 0 bridgehead atoms. The van der Waals surface area contributed by atoms with E-state index in [4.69, 9.17) is 15.2 Å². The monoisotopic (exact) mass is 131 g/mol. The third-order valence-electron chi connectivity index (χ3n) is 1.43. The van der Waals surface area contributed by atoms with E-state index in [1.807, 2.05) is 0 Å². The molecule has 1 saturated heterocycles. The zero-order valence-electron chi connectivity index (χ0n) is 5.51. The van der Waals surface area contributed by atoms with Crippen LogP contribution in [-0.4, -0.2) is 32.5 Å². The van der Waals surface area contributed by atoms with Crippen LogP contribution in [0.25, 0.3) is 0 Å². The van der Waals surface area contributed by atoms with Crippen LogP contribution in [0.1, 0.15) is 6.42 Å². The first-order valence-electron chi connectivity index (χ1n) is 3.33. The molecule has 0 aromatic heterocycles. The Bertz CT molecular complexity index is 69.5. The quantitative estimate of drug-likeness (QED) is 0.533. The first kappa shape index (κ1) is 6.99. The highest BCUT2D eigenvalue weighted by molar-refractivity contribution is 4.59.